The van der Waals surface area contributed by atoms with Crippen molar-refractivity contribution in [1.82, 2.24) is 10.2 Å². The van der Waals surface area contributed by atoms with Gasteiger partial charge in [-0.2, -0.15) is 0 Å². The van der Waals surface area contributed by atoms with Crippen molar-refractivity contribution in [1.29, 1.82) is 0 Å². The average molecular weight is 500 g/mol. The number of benzene rings is 1. The van der Waals surface area contributed by atoms with Crippen LogP contribution >= 0.6 is 11.3 Å². The van der Waals surface area contributed by atoms with Crippen molar-refractivity contribution in [2.45, 2.75) is 25.8 Å². The molecule has 1 atom stereocenters. The molecule has 0 spiro atoms. The Morgan fingerprint density at radius 1 is 1.20 bits per heavy atom. The number of furan rings is 1. The van der Waals surface area contributed by atoms with Crippen LogP contribution in [0.25, 0.3) is 11.3 Å². The molecule has 2 N–H and O–H groups in total. The number of imide groups is 1. The monoisotopic (exact) mass is 499 g/mol. The molecule has 1 fully saturated rings. The summed E-state index contributed by atoms with van der Waals surface area (Å²) in [7, 11) is 0. The van der Waals surface area contributed by atoms with E-state index in [0.29, 0.717) is 16.9 Å². The second-order valence-corrected chi connectivity index (χ2v) is 8.57. The van der Waals surface area contributed by atoms with Gasteiger partial charge in [-0.05, 0) is 43.2 Å². The molecule has 182 valence electrons. The molecule has 1 unspecified atom stereocenters. The minimum Gasteiger partial charge on any atom is -0.464 e. The molecule has 3 heterocycles. The molecule has 9 nitrogen and oxygen atoms in total. The van der Waals surface area contributed by atoms with E-state index in [1.807, 2.05) is 0 Å². The van der Waals surface area contributed by atoms with Crippen LogP contribution < -0.4 is 10.6 Å². The van der Waals surface area contributed by atoms with Crippen molar-refractivity contribution in [2.75, 3.05) is 18.5 Å². The van der Waals surface area contributed by atoms with E-state index in [9.17, 15) is 23.6 Å². The Morgan fingerprint density at radius 2 is 1.94 bits per heavy atom. The lowest BCUT2D eigenvalue weighted by Gasteiger charge is -2.25. The van der Waals surface area contributed by atoms with Crippen LogP contribution in [0.5, 0.6) is 0 Å². The third kappa shape index (κ3) is 4.42. The number of hydrogen-bond acceptors (Lipinski definition) is 7. The molecule has 4 amide bonds. The van der Waals surface area contributed by atoms with E-state index >= 15 is 0 Å². The van der Waals surface area contributed by atoms with Crippen LogP contribution in [-0.4, -0.2) is 41.9 Å². The van der Waals surface area contributed by atoms with E-state index in [4.69, 9.17) is 9.15 Å². The second kappa shape index (κ2) is 9.71. The fourth-order valence-corrected chi connectivity index (χ4v) is 4.88. The van der Waals surface area contributed by atoms with Gasteiger partial charge in [0.2, 0.25) is 5.91 Å². The summed E-state index contributed by atoms with van der Waals surface area (Å²) in [4.78, 5) is 52.2. The number of carbonyl (C=O) groups excluding carboxylic acids is 4. The van der Waals surface area contributed by atoms with Gasteiger partial charge in [-0.1, -0.05) is 19.1 Å². The summed E-state index contributed by atoms with van der Waals surface area (Å²) in [6, 6.07) is 7.84. The van der Waals surface area contributed by atoms with Crippen molar-refractivity contribution in [3.63, 3.8) is 0 Å². The van der Waals surface area contributed by atoms with Crippen LogP contribution in [0.4, 0.5) is 14.2 Å². The highest BCUT2D eigenvalue weighted by Crippen LogP contribution is 2.37. The molecule has 1 aliphatic rings. The summed E-state index contributed by atoms with van der Waals surface area (Å²) in [6.45, 7) is 2.92. The summed E-state index contributed by atoms with van der Waals surface area (Å²) in [5, 5.41) is 7.09. The first-order valence-corrected chi connectivity index (χ1v) is 11.7. The highest BCUT2D eigenvalue weighted by atomic mass is 32.1. The van der Waals surface area contributed by atoms with E-state index in [1.165, 1.54) is 30.5 Å². The van der Waals surface area contributed by atoms with Crippen LogP contribution in [0.2, 0.25) is 0 Å². The highest BCUT2D eigenvalue weighted by Gasteiger charge is 2.51. The SMILES string of the molecule is CCOC(=O)c1c(-c2ccco2)csc1NC(=O)CN1C(=O)NC(CC)(c2ccc(F)cc2)C1=O. The summed E-state index contributed by atoms with van der Waals surface area (Å²) >= 11 is 1.09. The van der Waals surface area contributed by atoms with Crippen molar-refractivity contribution >= 4 is 40.2 Å². The third-order valence-electron chi connectivity index (χ3n) is 5.65. The van der Waals surface area contributed by atoms with E-state index in [-0.39, 0.29) is 23.6 Å². The second-order valence-electron chi connectivity index (χ2n) is 7.69. The lowest BCUT2D eigenvalue weighted by molar-refractivity contribution is -0.134. The van der Waals surface area contributed by atoms with Crippen molar-refractivity contribution in [3.05, 3.63) is 65.0 Å². The summed E-state index contributed by atoms with van der Waals surface area (Å²) < 4.78 is 23.9. The number of esters is 1. The fraction of sp³-hybridized carbons (Fsp3) is 0.250. The molecule has 0 bridgehead atoms. The molecule has 1 saturated heterocycles. The zero-order valence-corrected chi connectivity index (χ0v) is 19.7. The number of amides is 4. The molecule has 0 radical (unpaired) electrons. The average Bonchev–Trinajstić information content (AvgIpc) is 3.55. The van der Waals surface area contributed by atoms with Gasteiger partial charge in [0.1, 0.15) is 34.2 Å². The fourth-order valence-electron chi connectivity index (χ4n) is 3.92. The number of nitrogens with one attached hydrogen (secondary N) is 2. The molecule has 11 heteroatoms. The minimum absolute atomic E-state index is 0.117. The maximum absolute atomic E-state index is 13.4. The zero-order chi connectivity index (χ0) is 25.2. The zero-order valence-electron chi connectivity index (χ0n) is 18.9. The van der Waals surface area contributed by atoms with E-state index in [0.717, 1.165) is 16.2 Å². The number of thiophene rings is 1. The van der Waals surface area contributed by atoms with Gasteiger partial charge in [0.05, 0.1) is 12.9 Å². The van der Waals surface area contributed by atoms with Crippen molar-refractivity contribution in [2.24, 2.45) is 0 Å². The van der Waals surface area contributed by atoms with Crippen LogP contribution in [0.1, 0.15) is 36.2 Å². The third-order valence-corrected chi connectivity index (χ3v) is 6.55. The van der Waals surface area contributed by atoms with Gasteiger partial charge < -0.3 is 19.8 Å². The number of rotatable bonds is 8. The van der Waals surface area contributed by atoms with Gasteiger partial charge in [-0.25, -0.2) is 14.0 Å². The van der Waals surface area contributed by atoms with Gasteiger partial charge in [0.25, 0.3) is 5.91 Å². The predicted octanol–water partition coefficient (Wildman–Crippen LogP) is 4.12. The normalized spacial score (nSPS) is 17.4. The molecule has 35 heavy (non-hydrogen) atoms. The first kappa shape index (κ1) is 24.1. The molecule has 1 aromatic carbocycles. The Balaban J connectivity index is 1.56. The molecule has 0 aliphatic carbocycles. The summed E-state index contributed by atoms with van der Waals surface area (Å²) in [5.41, 5.74) is -0.429. The van der Waals surface area contributed by atoms with Gasteiger partial charge in [0.15, 0.2) is 0 Å². The Hall–Kier alpha value is -3.99. The van der Waals surface area contributed by atoms with E-state index in [2.05, 4.69) is 10.6 Å². The smallest absolute Gasteiger partial charge is 0.341 e. The summed E-state index contributed by atoms with van der Waals surface area (Å²) in [5.74, 6) is -2.01. The van der Waals surface area contributed by atoms with E-state index in [1.54, 1.807) is 31.4 Å². The number of ether oxygens (including phenoxy) is 1. The number of nitrogens with zero attached hydrogens (tertiary/aromatic N) is 1. The standard InChI is InChI=1S/C24H22FN3O6S/c1-3-24(14-7-9-15(25)10-8-14)22(31)28(23(32)27-24)12-18(29)26-20-19(21(30)33-4-2)16(13-35-20)17-6-5-11-34-17/h5-11,13H,3-4,12H2,1-2H3,(H,26,29)(H,27,32). The number of hydrogen-bond donors (Lipinski definition) is 2. The molecular weight excluding hydrogens is 477 g/mol. The Morgan fingerprint density at radius 3 is 2.57 bits per heavy atom. The van der Waals surface area contributed by atoms with Crippen LogP contribution in [-0.2, 0) is 19.9 Å². The number of anilines is 1. The van der Waals surface area contributed by atoms with Crippen LogP contribution in [0, 0.1) is 5.82 Å². The highest BCUT2D eigenvalue weighted by molar-refractivity contribution is 7.15. The van der Waals surface area contributed by atoms with Gasteiger partial charge in [-0.3, -0.25) is 14.5 Å². The van der Waals surface area contributed by atoms with Gasteiger partial charge in [-0.15, -0.1) is 11.3 Å². The summed E-state index contributed by atoms with van der Waals surface area (Å²) in [6.07, 6.45) is 1.66. The van der Waals surface area contributed by atoms with Crippen LogP contribution in [0.15, 0.2) is 52.5 Å². The number of urea groups is 1. The largest absolute Gasteiger partial charge is 0.464 e. The molecule has 1 aliphatic heterocycles. The maximum Gasteiger partial charge on any atom is 0.341 e. The van der Waals surface area contributed by atoms with Crippen molar-refractivity contribution < 1.29 is 32.7 Å². The lowest BCUT2D eigenvalue weighted by atomic mass is 9.87. The van der Waals surface area contributed by atoms with Crippen molar-refractivity contribution in [3.8, 4) is 11.3 Å². The van der Waals surface area contributed by atoms with Gasteiger partial charge >= 0.3 is 12.0 Å². The van der Waals surface area contributed by atoms with Crippen LogP contribution in [0.3, 0.4) is 0 Å². The number of halogens is 1. The first-order valence-electron chi connectivity index (χ1n) is 10.8. The molecule has 3 aromatic rings. The lowest BCUT2D eigenvalue weighted by Crippen LogP contribution is -2.44. The molecule has 0 saturated carbocycles. The first-order chi connectivity index (χ1) is 16.8. The van der Waals surface area contributed by atoms with Gasteiger partial charge in [0, 0.05) is 10.9 Å². The Kier molecular flexibility index (Phi) is 6.70. The molecular formula is C24H22FN3O6S. The predicted molar refractivity (Wildman–Crippen MR) is 125 cm³/mol. The Labute approximate surface area is 203 Å². The topological polar surface area (TPSA) is 118 Å². The minimum atomic E-state index is -1.41. The molecule has 2 aromatic heterocycles. The van der Waals surface area contributed by atoms with E-state index < -0.39 is 41.7 Å². The molecule has 4 rings (SSSR count). The Bertz CT molecular complexity index is 1270. The maximum atomic E-state index is 13.4. The quantitative estimate of drug-likeness (QED) is 0.356. The number of carbonyl (C=O) groups is 4.